The van der Waals surface area contributed by atoms with Crippen molar-refractivity contribution in [2.24, 2.45) is 5.84 Å². The largest absolute Gasteiger partial charge is 0.490 e. The number of ether oxygens (including phenoxy) is 1. The van der Waals surface area contributed by atoms with E-state index in [2.05, 4.69) is 14.2 Å². The highest BCUT2D eigenvalue weighted by atomic mass is 32.1. The van der Waals surface area contributed by atoms with Gasteiger partial charge in [-0.2, -0.15) is 8.75 Å². The van der Waals surface area contributed by atoms with Crippen LogP contribution in [0, 0.1) is 0 Å². The molecule has 1 fully saturated rings. The third-order valence-electron chi connectivity index (χ3n) is 2.88. The van der Waals surface area contributed by atoms with Gasteiger partial charge in [-0.3, -0.25) is 5.84 Å². The van der Waals surface area contributed by atoms with Crippen molar-refractivity contribution >= 4 is 11.7 Å². The third-order valence-corrected chi connectivity index (χ3v) is 3.37. The molecule has 1 aromatic heterocycles. The highest BCUT2D eigenvalue weighted by Gasteiger charge is 2.23. The maximum atomic E-state index is 5.71. The van der Waals surface area contributed by atoms with E-state index in [0.29, 0.717) is 6.10 Å². The lowest BCUT2D eigenvalue weighted by atomic mass is 10.1. The van der Waals surface area contributed by atoms with Gasteiger partial charge < -0.3 is 4.74 Å². The monoisotopic (exact) mass is 262 g/mol. The summed E-state index contributed by atoms with van der Waals surface area (Å²) in [6.07, 6.45) is 4.48. The molecule has 1 aromatic carbocycles. The second kappa shape index (κ2) is 5.01. The zero-order valence-corrected chi connectivity index (χ0v) is 10.6. The zero-order valence-electron chi connectivity index (χ0n) is 9.74. The number of benzene rings is 1. The minimum absolute atomic E-state index is 0.126. The van der Waals surface area contributed by atoms with Crippen molar-refractivity contribution in [3.8, 4) is 5.75 Å². The van der Waals surface area contributed by atoms with Crippen LogP contribution in [0.5, 0.6) is 5.75 Å². The Hall–Kier alpha value is -1.50. The summed E-state index contributed by atoms with van der Waals surface area (Å²) in [6, 6.07) is 7.82. The average molecular weight is 262 g/mol. The van der Waals surface area contributed by atoms with Gasteiger partial charge in [0.2, 0.25) is 0 Å². The van der Waals surface area contributed by atoms with E-state index in [0.717, 1.165) is 17.0 Å². The van der Waals surface area contributed by atoms with E-state index in [1.807, 2.05) is 24.3 Å². The summed E-state index contributed by atoms with van der Waals surface area (Å²) in [5.41, 5.74) is 4.64. The molecule has 0 saturated heterocycles. The Kier molecular flexibility index (Phi) is 3.22. The summed E-state index contributed by atoms with van der Waals surface area (Å²) in [5, 5.41) is 0. The molecule has 2 aromatic rings. The van der Waals surface area contributed by atoms with Crippen LogP contribution in [0.2, 0.25) is 0 Å². The van der Waals surface area contributed by atoms with E-state index < -0.39 is 0 Å². The van der Waals surface area contributed by atoms with Gasteiger partial charge in [-0.15, -0.1) is 0 Å². The van der Waals surface area contributed by atoms with Crippen LogP contribution in [-0.4, -0.2) is 14.9 Å². The average Bonchev–Trinajstić information content (AvgIpc) is 3.05. The van der Waals surface area contributed by atoms with Crippen molar-refractivity contribution in [3.05, 3.63) is 41.7 Å². The molecule has 5 nitrogen and oxygen atoms in total. The van der Waals surface area contributed by atoms with Gasteiger partial charge in [0.05, 0.1) is 35.8 Å². The summed E-state index contributed by atoms with van der Waals surface area (Å²) < 4.78 is 13.9. The van der Waals surface area contributed by atoms with Gasteiger partial charge in [-0.05, 0) is 30.5 Å². The standard InChI is InChI=1S/C12H14N4OS/c13-15-12(11-7-14-18-16-11)8-1-3-9(4-2-8)17-10-5-6-10/h1-4,7,10,12,15H,5-6,13H2. The highest BCUT2D eigenvalue weighted by molar-refractivity contribution is 6.99. The number of hydrogen-bond donors (Lipinski definition) is 2. The normalized spacial score (nSPS) is 16.5. The fourth-order valence-electron chi connectivity index (χ4n) is 1.77. The van der Waals surface area contributed by atoms with Crippen LogP contribution in [0.1, 0.15) is 30.1 Å². The molecule has 0 amide bonds. The van der Waals surface area contributed by atoms with E-state index in [9.17, 15) is 0 Å². The predicted octanol–water partition coefficient (Wildman–Crippen LogP) is 1.63. The maximum absolute atomic E-state index is 5.71. The van der Waals surface area contributed by atoms with E-state index in [4.69, 9.17) is 10.6 Å². The Labute approximate surface area is 109 Å². The first-order valence-corrected chi connectivity index (χ1v) is 6.60. The summed E-state index contributed by atoms with van der Waals surface area (Å²) >= 11 is 1.18. The van der Waals surface area contributed by atoms with Crippen molar-refractivity contribution in [2.45, 2.75) is 25.0 Å². The Balaban J connectivity index is 1.77. The molecule has 18 heavy (non-hydrogen) atoms. The molecule has 3 rings (SSSR count). The van der Waals surface area contributed by atoms with Gasteiger partial charge in [0.25, 0.3) is 0 Å². The molecule has 0 aliphatic heterocycles. The Morgan fingerprint density at radius 2 is 2.11 bits per heavy atom. The maximum Gasteiger partial charge on any atom is 0.119 e. The van der Waals surface area contributed by atoms with Crippen LogP contribution in [0.15, 0.2) is 30.5 Å². The lowest BCUT2D eigenvalue weighted by molar-refractivity contribution is 0.303. The molecule has 1 unspecified atom stereocenters. The Morgan fingerprint density at radius 1 is 1.33 bits per heavy atom. The number of hydrogen-bond acceptors (Lipinski definition) is 6. The number of aromatic nitrogens is 2. The molecular weight excluding hydrogens is 248 g/mol. The minimum atomic E-state index is -0.126. The fourth-order valence-corrected chi connectivity index (χ4v) is 2.22. The molecule has 1 heterocycles. The van der Waals surface area contributed by atoms with Gasteiger partial charge in [-0.1, -0.05) is 12.1 Å². The first-order valence-electron chi connectivity index (χ1n) is 5.87. The topological polar surface area (TPSA) is 73.1 Å². The quantitative estimate of drug-likeness (QED) is 0.633. The summed E-state index contributed by atoms with van der Waals surface area (Å²) in [7, 11) is 0. The van der Waals surface area contributed by atoms with Gasteiger partial charge in [0.1, 0.15) is 5.75 Å². The second-order valence-electron chi connectivity index (χ2n) is 4.32. The summed E-state index contributed by atoms with van der Waals surface area (Å²) in [6.45, 7) is 0. The minimum Gasteiger partial charge on any atom is -0.490 e. The molecule has 3 N–H and O–H groups in total. The number of nitrogens with two attached hydrogens (primary N) is 1. The third kappa shape index (κ3) is 2.50. The molecule has 6 heteroatoms. The van der Waals surface area contributed by atoms with Crippen molar-refractivity contribution in [2.75, 3.05) is 0 Å². The lowest BCUT2D eigenvalue weighted by Crippen LogP contribution is -2.29. The van der Waals surface area contributed by atoms with Crippen LogP contribution in [0.4, 0.5) is 0 Å². The van der Waals surface area contributed by atoms with Gasteiger partial charge in [0.15, 0.2) is 0 Å². The number of nitrogens with one attached hydrogen (secondary N) is 1. The summed E-state index contributed by atoms with van der Waals surface area (Å²) in [4.78, 5) is 0. The van der Waals surface area contributed by atoms with Crippen LogP contribution in [-0.2, 0) is 0 Å². The Bertz CT molecular complexity index is 495. The first-order chi connectivity index (χ1) is 8.86. The SMILES string of the molecule is NNC(c1ccc(OC2CC2)cc1)c1cnsn1. The molecule has 1 atom stereocenters. The molecule has 1 aliphatic carbocycles. The first kappa shape index (κ1) is 11.6. The molecule has 0 radical (unpaired) electrons. The number of rotatable bonds is 5. The fraction of sp³-hybridized carbons (Fsp3) is 0.333. The molecule has 0 spiro atoms. The smallest absolute Gasteiger partial charge is 0.119 e. The van der Waals surface area contributed by atoms with Gasteiger partial charge in [0, 0.05) is 0 Å². The van der Waals surface area contributed by atoms with Crippen molar-refractivity contribution in [3.63, 3.8) is 0 Å². The molecule has 0 bridgehead atoms. The Morgan fingerprint density at radius 3 is 2.67 bits per heavy atom. The van der Waals surface area contributed by atoms with Crippen LogP contribution in [0.3, 0.4) is 0 Å². The van der Waals surface area contributed by atoms with Crippen LogP contribution >= 0.6 is 11.7 Å². The second-order valence-corrected chi connectivity index (χ2v) is 4.87. The van der Waals surface area contributed by atoms with E-state index >= 15 is 0 Å². The van der Waals surface area contributed by atoms with E-state index in [1.54, 1.807) is 6.20 Å². The lowest BCUT2D eigenvalue weighted by Gasteiger charge is -2.14. The molecule has 94 valence electrons. The zero-order chi connectivity index (χ0) is 12.4. The highest BCUT2D eigenvalue weighted by Crippen LogP contribution is 2.28. The van der Waals surface area contributed by atoms with Crippen molar-refractivity contribution in [1.82, 2.24) is 14.2 Å². The molecular formula is C12H14N4OS. The molecule has 1 aliphatic rings. The van der Waals surface area contributed by atoms with Crippen molar-refractivity contribution in [1.29, 1.82) is 0 Å². The summed E-state index contributed by atoms with van der Waals surface area (Å²) in [5.74, 6) is 6.49. The van der Waals surface area contributed by atoms with Crippen LogP contribution < -0.4 is 16.0 Å². The van der Waals surface area contributed by atoms with E-state index in [-0.39, 0.29) is 6.04 Å². The number of hydrazine groups is 1. The number of nitrogens with zero attached hydrogens (tertiary/aromatic N) is 2. The predicted molar refractivity (Wildman–Crippen MR) is 69.2 cm³/mol. The van der Waals surface area contributed by atoms with Gasteiger partial charge >= 0.3 is 0 Å². The van der Waals surface area contributed by atoms with Gasteiger partial charge in [-0.25, -0.2) is 5.43 Å². The van der Waals surface area contributed by atoms with Crippen LogP contribution in [0.25, 0.3) is 0 Å². The molecule has 1 saturated carbocycles. The van der Waals surface area contributed by atoms with E-state index in [1.165, 1.54) is 24.6 Å². The van der Waals surface area contributed by atoms with Crippen molar-refractivity contribution < 1.29 is 4.74 Å².